The highest BCUT2D eigenvalue weighted by Crippen LogP contribution is 2.57. The Hall–Kier alpha value is -2.60. The second kappa shape index (κ2) is 4.73. The van der Waals surface area contributed by atoms with Crippen LogP contribution in [0.5, 0.6) is 28.7 Å². The Balaban J connectivity index is 1.30. The molecule has 1 saturated heterocycles. The predicted molar refractivity (Wildman–Crippen MR) is 87.9 cm³/mol. The van der Waals surface area contributed by atoms with E-state index in [-0.39, 0.29) is 12.2 Å². The van der Waals surface area contributed by atoms with Crippen LogP contribution in [0.15, 0.2) is 30.3 Å². The van der Waals surface area contributed by atoms with Crippen molar-refractivity contribution in [3.63, 3.8) is 0 Å². The van der Waals surface area contributed by atoms with Gasteiger partial charge < -0.3 is 29.0 Å². The Morgan fingerprint density at radius 2 is 1.72 bits per heavy atom. The normalized spacial score (nSPS) is 26.8. The van der Waals surface area contributed by atoms with Gasteiger partial charge in [-0.2, -0.15) is 0 Å². The van der Waals surface area contributed by atoms with E-state index in [0.29, 0.717) is 19.3 Å². The van der Waals surface area contributed by atoms with E-state index >= 15 is 0 Å². The van der Waals surface area contributed by atoms with Gasteiger partial charge in [-0.15, -0.1) is 0 Å². The molecule has 0 saturated carbocycles. The van der Waals surface area contributed by atoms with Gasteiger partial charge in [0.15, 0.2) is 23.0 Å². The van der Waals surface area contributed by atoms with E-state index in [2.05, 4.69) is 17.4 Å². The number of benzene rings is 2. The Labute approximate surface area is 144 Å². The third-order valence-electron chi connectivity index (χ3n) is 5.75. The fourth-order valence-corrected chi connectivity index (χ4v) is 4.46. The molecule has 1 fully saturated rings. The summed E-state index contributed by atoms with van der Waals surface area (Å²) < 4.78 is 28.0. The van der Waals surface area contributed by atoms with Gasteiger partial charge in [-0.1, -0.05) is 0 Å². The molecule has 6 nitrogen and oxygen atoms in total. The summed E-state index contributed by atoms with van der Waals surface area (Å²) in [5.74, 6) is 4.47. The van der Waals surface area contributed by atoms with Crippen molar-refractivity contribution in [3.8, 4) is 28.7 Å². The third-order valence-corrected chi connectivity index (χ3v) is 5.75. The number of rotatable bonds is 3. The van der Waals surface area contributed by atoms with E-state index in [4.69, 9.17) is 23.7 Å². The Kier molecular flexibility index (Phi) is 2.58. The Morgan fingerprint density at radius 3 is 2.60 bits per heavy atom. The van der Waals surface area contributed by atoms with Gasteiger partial charge in [-0.3, -0.25) is 0 Å². The first-order valence-electron chi connectivity index (χ1n) is 8.51. The summed E-state index contributed by atoms with van der Waals surface area (Å²) in [6, 6.07) is 9.99. The minimum absolute atomic E-state index is 0.00726. The molecule has 6 rings (SSSR count). The van der Waals surface area contributed by atoms with Gasteiger partial charge >= 0.3 is 0 Å². The molecule has 0 bridgehead atoms. The summed E-state index contributed by atoms with van der Waals surface area (Å²) in [4.78, 5) is 0. The molecule has 1 aliphatic carbocycles. The first kappa shape index (κ1) is 13.7. The third kappa shape index (κ3) is 1.77. The number of ether oxygens (including phenoxy) is 5. The minimum Gasteiger partial charge on any atom is -0.492 e. The highest BCUT2D eigenvalue weighted by molar-refractivity contribution is 5.61. The van der Waals surface area contributed by atoms with E-state index in [1.807, 2.05) is 18.2 Å². The molecule has 0 radical (unpaired) electrons. The largest absolute Gasteiger partial charge is 0.492 e. The molecule has 2 aromatic rings. The highest BCUT2D eigenvalue weighted by atomic mass is 16.7. The fourth-order valence-electron chi connectivity index (χ4n) is 4.46. The zero-order valence-corrected chi connectivity index (χ0v) is 13.5. The van der Waals surface area contributed by atoms with Crippen LogP contribution < -0.4 is 29.0 Å². The Bertz CT molecular complexity index is 882. The maximum atomic E-state index is 6.17. The van der Waals surface area contributed by atoms with Crippen LogP contribution in [0.3, 0.4) is 0 Å². The number of hydrogen-bond acceptors (Lipinski definition) is 6. The summed E-state index contributed by atoms with van der Waals surface area (Å²) >= 11 is 0. The number of hydrogen-bond donors (Lipinski definition) is 1. The molecule has 25 heavy (non-hydrogen) atoms. The van der Waals surface area contributed by atoms with Gasteiger partial charge in [-0.25, -0.2) is 0 Å². The molecule has 4 aliphatic rings. The molecular formula is C19H17NO5. The lowest BCUT2D eigenvalue weighted by Crippen LogP contribution is -2.48. The first-order chi connectivity index (χ1) is 12.3. The number of fused-ring (bicyclic) bond motifs is 6. The molecule has 0 amide bonds. The van der Waals surface area contributed by atoms with E-state index < -0.39 is 0 Å². The zero-order chi connectivity index (χ0) is 16.4. The van der Waals surface area contributed by atoms with Crippen LogP contribution in [0, 0.1) is 0 Å². The van der Waals surface area contributed by atoms with Gasteiger partial charge in [-0.05, 0) is 35.4 Å². The van der Waals surface area contributed by atoms with Crippen LogP contribution in [0.1, 0.15) is 17.0 Å². The van der Waals surface area contributed by atoms with Gasteiger partial charge in [0.1, 0.15) is 5.75 Å². The molecular weight excluding hydrogens is 322 g/mol. The quantitative estimate of drug-likeness (QED) is 0.925. The summed E-state index contributed by atoms with van der Waals surface area (Å²) in [6.45, 7) is 3.08. The van der Waals surface area contributed by atoms with Crippen molar-refractivity contribution in [2.24, 2.45) is 0 Å². The van der Waals surface area contributed by atoms with Crippen molar-refractivity contribution in [1.29, 1.82) is 0 Å². The topological polar surface area (TPSA) is 58.2 Å². The van der Waals surface area contributed by atoms with Crippen molar-refractivity contribution >= 4 is 0 Å². The van der Waals surface area contributed by atoms with Crippen LogP contribution in [0.2, 0.25) is 0 Å². The van der Waals surface area contributed by atoms with Crippen molar-refractivity contribution in [2.45, 2.75) is 11.3 Å². The summed E-state index contributed by atoms with van der Waals surface area (Å²) in [5.41, 5.74) is 2.66. The minimum atomic E-state index is -0.00726. The molecule has 0 spiro atoms. The molecule has 3 heterocycles. The second-order valence-electron chi connectivity index (χ2n) is 6.94. The van der Waals surface area contributed by atoms with E-state index in [1.54, 1.807) is 0 Å². The first-order valence-corrected chi connectivity index (χ1v) is 8.51. The molecule has 1 N–H and O–H groups in total. The zero-order valence-electron chi connectivity index (χ0n) is 13.5. The van der Waals surface area contributed by atoms with Crippen LogP contribution in [-0.2, 0) is 5.41 Å². The van der Waals surface area contributed by atoms with Gasteiger partial charge in [0, 0.05) is 25.1 Å². The number of nitrogens with one attached hydrogen (secondary N) is 1. The lowest BCUT2D eigenvalue weighted by Gasteiger charge is -2.46. The van der Waals surface area contributed by atoms with Crippen molar-refractivity contribution in [3.05, 3.63) is 41.5 Å². The lowest BCUT2D eigenvalue weighted by molar-refractivity contribution is 0.173. The van der Waals surface area contributed by atoms with Gasteiger partial charge in [0.2, 0.25) is 13.6 Å². The predicted octanol–water partition coefficient (Wildman–Crippen LogP) is 2.16. The fraction of sp³-hybridized carbons (Fsp3) is 0.368. The van der Waals surface area contributed by atoms with Crippen molar-refractivity contribution < 1.29 is 23.7 Å². The van der Waals surface area contributed by atoms with E-state index in [9.17, 15) is 0 Å². The average Bonchev–Trinajstić information content (AvgIpc) is 3.35. The molecule has 3 aliphatic heterocycles. The summed E-state index contributed by atoms with van der Waals surface area (Å²) in [7, 11) is 0. The Morgan fingerprint density at radius 1 is 0.960 bits per heavy atom. The van der Waals surface area contributed by atoms with Crippen molar-refractivity contribution in [1.82, 2.24) is 5.32 Å². The molecule has 6 heteroatoms. The smallest absolute Gasteiger partial charge is 0.231 e. The summed E-state index contributed by atoms with van der Waals surface area (Å²) in [5, 5.41) is 3.52. The monoisotopic (exact) mass is 339 g/mol. The van der Waals surface area contributed by atoms with Crippen molar-refractivity contribution in [2.75, 3.05) is 33.3 Å². The standard InChI is InChI=1S/C19H17NO5/c1-2-15-16(23-9-22-15)3-11(1)21-8-19-7-20-6-14(19)12-4-17-18(5-13(12)19)25-10-24-17/h1-5,14,20H,6-10H2/t14-,19-/m1/s1. The van der Waals surface area contributed by atoms with Crippen LogP contribution in [-0.4, -0.2) is 33.3 Å². The lowest BCUT2D eigenvalue weighted by atomic mass is 9.58. The van der Waals surface area contributed by atoms with Crippen LogP contribution >= 0.6 is 0 Å². The maximum absolute atomic E-state index is 6.17. The molecule has 0 unspecified atom stereocenters. The molecule has 2 aromatic carbocycles. The van der Waals surface area contributed by atoms with E-state index in [1.165, 1.54) is 11.1 Å². The van der Waals surface area contributed by atoms with Gasteiger partial charge in [0.05, 0.1) is 12.0 Å². The maximum Gasteiger partial charge on any atom is 0.231 e. The molecule has 128 valence electrons. The SMILES string of the molecule is c1cc2c(cc1OC[C@@]13CNC[C@@H]1c1cc4c(cc13)OCO4)OCO2. The van der Waals surface area contributed by atoms with Gasteiger partial charge in [0.25, 0.3) is 0 Å². The van der Waals surface area contributed by atoms with Crippen LogP contribution in [0.4, 0.5) is 0 Å². The summed E-state index contributed by atoms with van der Waals surface area (Å²) in [6.07, 6.45) is 0. The highest BCUT2D eigenvalue weighted by Gasteiger charge is 2.56. The molecule has 0 aromatic heterocycles. The molecule has 2 atom stereocenters. The average molecular weight is 339 g/mol. The second-order valence-corrected chi connectivity index (χ2v) is 6.94. The van der Waals surface area contributed by atoms with E-state index in [0.717, 1.165) is 41.8 Å². The van der Waals surface area contributed by atoms with Crippen LogP contribution in [0.25, 0.3) is 0 Å².